The first-order valence-corrected chi connectivity index (χ1v) is 6.63. The molecule has 1 amide bonds. The molecule has 4 nitrogen and oxygen atoms in total. The highest BCUT2D eigenvalue weighted by Gasteiger charge is 2.08. The summed E-state index contributed by atoms with van der Waals surface area (Å²) in [6, 6.07) is 17.0. The lowest BCUT2D eigenvalue weighted by Gasteiger charge is -2.15. The van der Waals surface area contributed by atoms with Gasteiger partial charge in [-0.15, -0.1) is 0 Å². The van der Waals surface area contributed by atoms with Crippen LogP contribution in [0.15, 0.2) is 65.2 Å². The van der Waals surface area contributed by atoms with Gasteiger partial charge in [0.05, 0.1) is 0 Å². The first kappa shape index (κ1) is 13.1. The fraction of sp³-hybridized carbons (Fsp3) is 0.0588. The summed E-state index contributed by atoms with van der Waals surface area (Å²) in [5.74, 6) is 0.395. The molecule has 0 spiro atoms. The zero-order valence-electron chi connectivity index (χ0n) is 11.6. The maximum absolute atomic E-state index is 11.8. The fourth-order valence-corrected chi connectivity index (χ4v) is 2.06. The average Bonchev–Trinajstić information content (AvgIpc) is 2.91. The van der Waals surface area contributed by atoms with Crippen LogP contribution in [0.4, 0.5) is 5.69 Å². The number of aromatic nitrogens is 1. The van der Waals surface area contributed by atoms with Crippen molar-refractivity contribution in [2.45, 2.75) is 6.92 Å². The number of nitrogens with zero attached hydrogens (tertiary/aromatic N) is 2. The Labute approximate surface area is 122 Å². The highest BCUT2D eigenvalue weighted by Crippen LogP contribution is 2.18. The molecule has 0 bridgehead atoms. The molecule has 0 aliphatic heterocycles. The third-order valence-corrected chi connectivity index (χ3v) is 3.05. The molecular formula is C17H14N2O2. The van der Waals surface area contributed by atoms with Crippen molar-refractivity contribution in [3.05, 3.63) is 66.7 Å². The van der Waals surface area contributed by atoms with Gasteiger partial charge in [0.25, 0.3) is 0 Å². The molecule has 0 radical (unpaired) electrons. The van der Waals surface area contributed by atoms with Gasteiger partial charge in [0.15, 0.2) is 5.58 Å². The molecule has 0 fully saturated rings. The number of rotatable bonds is 3. The van der Waals surface area contributed by atoms with Gasteiger partial charge in [-0.3, -0.25) is 9.69 Å². The summed E-state index contributed by atoms with van der Waals surface area (Å²) in [5.41, 5.74) is 2.33. The van der Waals surface area contributed by atoms with E-state index in [0.29, 0.717) is 5.89 Å². The molecule has 3 rings (SSSR count). The zero-order chi connectivity index (χ0) is 14.7. The van der Waals surface area contributed by atoms with Gasteiger partial charge in [0, 0.05) is 24.9 Å². The van der Waals surface area contributed by atoms with Crippen molar-refractivity contribution < 1.29 is 9.21 Å². The molecule has 0 saturated carbocycles. The maximum Gasteiger partial charge on any atom is 0.227 e. The number of benzene rings is 2. The largest absolute Gasteiger partial charge is 0.437 e. The summed E-state index contributed by atoms with van der Waals surface area (Å²) in [6.07, 6.45) is 3.36. The summed E-state index contributed by atoms with van der Waals surface area (Å²) in [5, 5.41) is 0. The molecule has 1 heterocycles. The molecule has 21 heavy (non-hydrogen) atoms. The molecule has 3 aromatic rings. The zero-order valence-corrected chi connectivity index (χ0v) is 11.6. The van der Waals surface area contributed by atoms with Gasteiger partial charge in [0.2, 0.25) is 11.8 Å². The van der Waals surface area contributed by atoms with E-state index in [0.717, 1.165) is 16.8 Å². The minimum atomic E-state index is -0.0754. The number of hydrogen-bond acceptors (Lipinski definition) is 3. The summed E-state index contributed by atoms with van der Waals surface area (Å²) in [4.78, 5) is 17.7. The SMILES string of the molecule is CC(=O)N(C=Cc1nc2ccccc2o1)c1ccccc1. The van der Waals surface area contributed by atoms with E-state index in [-0.39, 0.29) is 5.91 Å². The lowest BCUT2D eigenvalue weighted by Crippen LogP contribution is -2.21. The molecular weight excluding hydrogens is 264 g/mol. The Morgan fingerprint density at radius 2 is 1.81 bits per heavy atom. The molecule has 0 aliphatic rings. The number of hydrogen-bond donors (Lipinski definition) is 0. The molecule has 104 valence electrons. The number of para-hydroxylation sites is 3. The monoisotopic (exact) mass is 278 g/mol. The Balaban J connectivity index is 1.90. The van der Waals surface area contributed by atoms with Crippen LogP contribution in [-0.4, -0.2) is 10.9 Å². The van der Waals surface area contributed by atoms with Crippen molar-refractivity contribution in [2.75, 3.05) is 4.90 Å². The van der Waals surface area contributed by atoms with E-state index in [2.05, 4.69) is 4.98 Å². The van der Waals surface area contributed by atoms with E-state index in [1.54, 1.807) is 17.2 Å². The predicted octanol–water partition coefficient (Wildman–Crippen LogP) is 3.85. The summed E-state index contributed by atoms with van der Waals surface area (Å²) in [6.45, 7) is 1.52. The van der Waals surface area contributed by atoms with Gasteiger partial charge in [0.1, 0.15) is 5.52 Å². The van der Waals surface area contributed by atoms with Crippen LogP contribution in [0.1, 0.15) is 12.8 Å². The third-order valence-electron chi connectivity index (χ3n) is 3.05. The smallest absolute Gasteiger partial charge is 0.227 e. The van der Waals surface area contributed by atoms with Crippen LogP contribution in [-0.2, 0) is 4.79 Å². The lowest BCUT2D eigenvalue weighted by atomic mass is 10.3. The van der Waals surface area contributed by atoms with Gasteiger partial charge >= 0.3 is 0 Å². The quantitative estimate of drug-likeness (QED) is 0.731. The number of fused-ring (bicyclic) bond motifs is 1. The van der Waals surface area contributed by atoms with Crippen LogP contribution in [0.25, 0.3) is 17.2 Å². The normalized spacial score (nSPS) is 11.1. The van der Waals surface area contributed by atoms with Gasteiger partial charge in [-0.2, -0.15) is 0 Å². The van der Waals surface area contributed by atoms with Crippen LogP contribution in [0.3, 0.4) is 0 Å². The Morgan fingerprint density at radius 1 is 1.10 bits per heavy atom. The Morgan fingerprint density at radius 3 is 2.52 bits per heavy atom. The Bertz CT molecular complexity index is 758. The number of anilines is 1. The van der Waals surface area contributed by atoms with E-state index in [1.807, 2.05) is 54.6 Å². The summed E-state index contributed by atoms with van der Waals surface area (Å²) < 4.78 is 5.60. The van der Waals surface area contributed by atoms with Crippen LogP contribution >= 0.6 is 0 Å². The Hall–Kier alpha value is -2.88. The van der Waals surface area contributed by atoms with Gasteiger partial charge in [-0.05, 0) is 24.3 Å². The molecule has 0 atom stereocenters. The van der Waals surface area contributed by atoms with Crippen LogP contribution < -0.4 is 4.90 Å². The van der Waals surface area contributed by atoms with Crippen molar-refractivity contribution in [1.82, 2.24) is 4.98 Å². The number of carbonyl (C=O) groups is 1. The van der Waals surface area contributed by atoms with Crippen molar-refractivity contribution in [1.29, 1.82) is 0 Å². The van der Waals surface area contributed by atoms with Crippen LogP contribution in [0.2, 0.25) is 0 Å². The minimum absolute atomic E-state index is 0.0754. The number of amides is 1. The van der Waals surface area contributed by atoms with Gasteiger partial charge in [-0.1, -0.05) is 30.3 Å². The molecule has 0 N–H and O–H groups in total. The number of oxazole rings is 1. The second-order valence-electron chi connectivity index (χ2n) is 4.56. The van der Waals surface area contributed by atoms with Crippen molar-refractivity contribution in [3.63, 3.8) is 0 Å². The van der Waals surface area contributed by atoms with E-state index in [1.165, 1.54) is 6.92 Å². The molecule has 2 aromatic carbocycles. The molecule has 0 unspecified atom stereocenters. The second kappa shape index (κ2) is 5.63. The van der Waals surface area contributed by atoms with E-state index in [9.17, 15) is 4.79 Å². The third kappa shape index (κ3) is 2.84. The van der Waals surface area contributed by atoms with Crippen LogP contribution in [0, 0.1) is 0 Å². The lowest BCUT2D eigenvalue weighted by molar-refractivity contribution is -0.115. The average molecular weight is 278 g/mol. The summed E-state index contributed by atoms with van der Waals surface area (Å²) >= 11 is 0. The predicted molar refractivity (Wildman–Crippen MR) is 82.6 cm³/mol. The topological polar surface area (TPSA) is 46.3 Å². The first-order chi connectivity index (χ1) is 10.2. The minimum Gasteiger partial charge on any atom is -0.437 e. The highest BCUT2D eigenvalue weighted by molar-refractivity contribution is 5.94. The second-order valence-corrected chi connectivity index (χ2v) is 4.56. The van der Waals surface area contributed by atoms with Crippen LogP contribution in [0.5, 0.6) is 0 Å². The fourth-order valence-electron chi connectivity index (χ4n) is 2.06. The molecule has 0 saturated heterocycles. The van der Waals surface area contributed by atoms with Gasteiger partial charge < -0.3 is 4.42 Å². The van der Waals surface area contributed by atoms with E-state index in [4.69, 9.17) is 4.42 Å². The number of carbonyl (C=O) groups excluding carboxylic acids is 1. The van der Waals surface area contributed by atoms with Crippen molar-refractivity contribution >= 4 is 28.8 Å². The maximum atomic E-state index is 11.8. The molecule has 1 aromatic heterocycles. The van der Waals surface area contributed by atoms with Gasteiger partial charge in [-0.25, -0.2) is 4.98 Å². The Kier molecular flexibility index (Phi) is 3.51. The highest BCUT2D eigenvalue weighted by atomic mass is 16.3. The molecule has 4 heteroatoms. The van der Waals surface area contributed by atoms with E-state index >= 15 is 0 Å². The van der Waals surface area contributed by atoms with E-state index < -0.39 is 0 Å². The first-order valence-electron chi connectivity index (χ1n) is 6.63. The standard InChI is InChI=1S/C17H14N2O2/c1-13(20)19(14-7-3-2-4-8-14)12-11-17-18-15-9-5-6-10-16(15)21-17/h2-12H,1H3. The van der Waals surface area contributed by atoms with Crippen molar-refractivity contribution in [2.24, 2.45) is 0 Å². The summed E-state index contributed by atoms with van der Waals surface area (Å²) in [7, 11) is 0. The van der Waals surface area contributed by atoms with Crippen molar-refractivity contribution in [3.8, 4) is 0 Å². The molecule has 0 aliphatic carbocycles.